The third-order valence-corrected chi connectivity index (χ3v) is 7.38. The fourth-order valence-electron chi connectivity index (χ4n) is 4.91. The first-order valence-electron chi connectivity index (χ1n) is 12.4. The molecule has 4 rings (SSSR count). The van der Waals surface area contributed by atoms with Crippen LogP contribution in [-0.2, 0) is 10.4 Å². The number of carbonyl (C=O) groups excluding carboxylic acids is 1. The summed E-state index contributed by atoms with van der Waals surface area (Å²) in [6.45, 7) is 5.96. The first-order chi connectivity index (χ1) is 16.7. The molecule has 1 heterocycles. The van der Waals surface area contributed by atoms with Crippen molar-refractivity contribution in [1.29, 1.82) is 0 Å². The second kappa shape index (κ2) is 10.5. The molecule has 1 aliphatic heterocycles. The minimum atomic E-state index is -1.25. The van der Waals surface area contributed by atoms with Crippen molar-refractivity contribution in [2.45, 2.75) is 37.3 Å². The van der Waals surface area contributed by atoms with E-state index in [9.17, 15) is 14.3 Å². The topological polar surface area (TPSA) is 78.6 Å². The fourth-order valence-corrected chi connectivity index (χ4v) is 4.91. The van der Waals surface area contributed by atoms with Gasteiger partial charge in [0.1, 0.15) is 11.4 Å². The molecule has 0 saturated carbocycles. The van der Waals surface area contributed by atoms with E-state index < -0.39 is 16.6 Å². The number of allylic oxidation sites excluding steroid dienone is 2. The SMILES string of the molecule is CC1(C(=O)CN2CCNCC2)C=CC(N)(CCCC(O)(c2ccccc2)c2ccc(F)cc2)C=C1. The van der Waals surface area contributed by atoms with Crippen molar-refractivity contribution >= 4 is 5.78 Å². The predicted molar refractivity (Wildman–Crippen MR) is 137 cm³/mol. The van der Waals surface area contributed by atoms with Gasteiger partial charge in [-0.3, -0.25) is 9.69 Å². The highest BCUT2D eigenvalue weighted by atomic mass is 19.1. The molecule has 0 spiro atoms. The van der Waals surface area contributed by atoms with Crippen molar-refractivity contribution in [3.05, 3.63) is 95.8 Å². The number of benzene rings is 2. The maximum atomic E-state index is 13.5. The molecule has 4 N–H and O–H groups in total. The largest absolute Gasteiger partial charge is 0.380 e. The van der Waals surface area contributed by atoms with Gasteiger partial charge in [-0.2, -0.15) is 0 Å². The molecule has 0 bridgehead atoms. The van der Waals surface area contributed by atoms with E-state index in [0.29, 0.717) is 31.4 Å². The Balaban J connectivity index is 1.41. The minimum Gasteiger partial charge on any atom is -0.380 e. The molecular weight excluding hydrogens is 441 g/mol. The fraction of sp³-hybridized carbons (Fsp3) is 0.414. The van der Waals surface area contributed by atoms with Crippen LogP contribution in [0.1, 0.15) is 37.3 Å². The van der Waals surface area contributed by atoms with Gasteiger partial charge < -0.3 is 16.2 Å². The van der Waals surface area contributed by atoms with Gasteiger partial charge in [-0.15, -0.1) is 0 Å². The van der Waals surface area contributed by atoms with Crippen molar-refractivity contribution in [3.63, 3.8) is 0 Å². The summed E-state index contributed by atoms with van der Waals surface area (Å²) in [6, 6.07) is 15.5. The zero-order chi connectivity index (χ0) is 24.9. The third-order valence-electron chi connectivity index (χ3n) is 7.38. The van der Waals surface area contributed by atoms with Crippen molar-refractivity contribution in [1.82, 2.24) is 10.2 Å². The lowest BCUT2D eigenvalue weighted by atomic mass is 9.75. The van der Waals surface area contributed by atoms with E-state index in [2.05, 4.69) is 10.2 Å². The van der Waals surface area contributed by atoms with Crippen molar-refractivity contribution in [3.8, 4) is 0 Å². The molecule has 2 aromatic rings. The van der Waals surface area contributed by atoms with Crippen molar-refractivity contribution in [2.75, 3.05) is 32.7 Å². The van der Waals surface area contributed by atoms with Crippen LogP contribution in [0, 0.1) is 11.2 Å². The number of nitrogens with zero attached hydrogens (tertiary/aromatic N) is 1. The summed E-state index contributed by atoms with van der Waals surface area (Å²) in [4.78, 5) is 15.2. The highest BCUT2D eigenvalue weighted by molar-refractivity contribution is 5.90. The highest BCUT2D eigenvalue weighted by Crippen LogP contribution is 2.37. The minimum absolute atomic E-state index is 0.170. The summed E-state index contributed by atoms with van der Waals surface area (Å²) < 4.78 is 13.5. The Kier molecular flexibility index (Phi) is 7.67. The number of nitrogens with one attached hydrogen (secondary N) is 1. The van der Waals surface area contributed by atoms with Gasteiger partial charge in [-0.1, -0.05) is 66.8 Å². The lowest BCUT2D eigenvalue weighted by Gasteiger charge is -2.35. The molecule has 5 nitrogen and oxygen atoms in total. The van der Waals surface area contributed by atoms with Gasteiger partial charge >= 0.3 is 0 Å². The zero-order valence-corrected chi connectivity index (χ0v) is 20.4. The quantitative estimate of drug-likeness (QED) is 0.482. The van der Waals surface area contributed by atoms with Crippen LogP contribution < -0.4 is 11.1 Å². The molecule has 1 aliphatic carbocycles. The molecule has 0 radical (unpaired) electrons. The Hall–Kier alpha value is -2.64. The lowest BCUT2D eigenvalue weighted by Crippen LogP contribution is -2.48. The predicted octanol–water partition coefficient (Wildman–Crippen LogP) is 3.54. The van der Waals surface area contributed by atoms with Crippen LogP contribution in [0.5, 0.6) is 0 Å². The molecule has 1 unspecified atom stereocenters. The number of piperazine rings is 1. The molecule has 1 atom stereocenters. The smallest absolute Gasteiger partial charge is 0.160 e. The second-order valence-electron chi connectivity index (χ2n) is 10.1. The average Bonchev–Trinajstić information content (AvgIpc) is 2.87. The summed E-state index contributed by atoms with van der Waals surface area (Å²) in [6.07, 6.45) is 9.41. The normalized spacial score (nSPS) is 26.4. The zero-order valence-electron chi connectivity index (χ0n) is 20.4. The highest BCUT2D eigenvalue weighted by Gasteiger charge is 2.36. The monoisotopic (exact) mass is 477 g/mol. The summed E-state index contributed by atoms with van der Waals surface area (Å²) in [5.41, 5.74) is 5.47. The van der Waals surface area contributed by atoms with Crippen LogP contribution in [0.25, 0.3) is 0 Å². The van der Waals surface area contributed by atoms with Crippen LogP contribution in [0.3, 0.4) is 0 Å². The van der Waals surface area contributed by atoms with E-state index >= 15 is 0 Å². The Morgan fingerprint density at radius 1 is 1.03 bits per heavy atom. The van der Waals surface area contributed by atoms with Crippen LogP contribution in [0.4, 0.5) is 4.39 Å². The van der Waals surface area contributed by atoms with Gasteiger partial charge in [0, 0.05) is 26.2 Å². The molecule has 1 fully saturated rings. The van der Waals surface area contributed by atoms with E-state index in [0.717, 1.165) is 31.7 Å². The molecule has 2 aliphatic rings. The molecule has 6 heteroatoms. The van der Waals surface area contributed by atoms with E-state index in [1.807, 2.05) is 61.6 Å². The summed E-state index contributed by atoms with van der Waals surface area (Å²) in [5, 5.41) is 15.0. The van der Waals surface area contributed by atoms with Crippen LogP contribution in [-0.4, -0.2) is 54.1 Å². The standard InChI is InChI=1S/C29H36FN3O2/c1-27(26(34)22-33-20-18-32-19-21-33)14-16-28(31,17-15-27)12-5-13-29(35,23-6-3-2-4-7-23)24-8-10-25(30)11-9-24/h2-4,6-11,14-17,32,35H,5,12-13,18-22,31H2,1H3. The summed E-state index contributed by atoms with van der Waals surface area (Å²) in [5.74, 6) is -0.166. The number of aliphatic hydroxyl groups is 1. The number of hydrogen-bond donors (Lipinski definition) is 3. The Bertz CT molecular complexity index is 1050. The molecule has 1 saturated heterocycles. The molecule has 186 valence electrons. The van der Waals surface area contributed by atoms with Gasteiger partial charge in [0.25, 0.3) is 0 Å². The Morgan fingerprint density at radius 2 is 1.63 bits per heavy atom. The lowest BCUT2D eigenvalue weighted by molar-refractivity contribution is -0.125. The Morgan fingerprint density at radius 3 is 2.26 bits per heavy atom. The molecular formula is C29H36FN3O2. The summed E-state index contributed by atoms with van der Waals surface area (Å²) >= 11 is 0. The molecule has 35 heavy (non-hydrogen) atoms. The van der Waals surface area contributed by atoms with Crippen LogP contribution in [0.2, 0.25) is 0 Å². The van der Waals surface area contributed by atoms with Crippen molar-refractivity contribution in [2.24, 2.45) is 11.1 Å². The van der Waals surface area contributed by atoms with E-state index in [-0.39, 0.29) is 11.6 Å². The van der Waals surface area contributed by atoms with E-state index in [4.69, 9.17) is 5.73 Å². The summed E-state index contributed by atoms with van der Waals surface area (Å²) in [7, 11) is 0. The number of hydrogen-bond acceptors (Lipinski definition) is 5. The first kappa shape index (κ1) is 25.5. The number of rotatable bonds is 9. The maximum Gasteiger partial charge on any atom is 0.160 e. The number of Topliss-reactive ketones (excluding diaryl/α,β-unsaturated/α-hetero) is 1. The average molecular weight is 478 g/mol. The van der Waals surface area contributed by atoms with E-state index in [1.165, 1.54) is 12.1 Å². The van der Waals surface area contributed by atoms with Gasteiger partial charge in [0.05, 0.1) is 17.5 Å². The van der Waals surface area contributed by atoms with Gasteiger partial charge in [-0.05, 0) is 49.4 Å². The third kappa shape index (κ3) is 5.96. The molecule has 0 aromatic heterocycles. The number of nitrogens with two attached hydrogens (primary N) is 1. The second-order valence-corrected chi connectivity index (χ2v) is 10.1. The maximum absolute atomic E-state index is 13.5. The van der Waals surface area contributed by atoms with Gasteiger partial charge in [0.2, 0.25) is 0 Å². The van der Waals surface area contributed by atoms with E-state index in [1.54, 1.807) is 12.1 Å². The Labute approximate surface area is 207 Å². The number of carbonyl (C=O) groups is 1. The van der Waals surface area contributed by atoms with Crippen LogP contribution >= 0.6 is 0 Å². The van der Waals surface area contributed by atoms with Crippen molar-refractivity contribution < 1.29 is 14.3 Å². The first-order valence-corrected chi connectivity index (χ1v) is 12.4. The number of halogens is 1. The molecule has 0 amide bonds. The van der Waals surface area contributed by atoms with Gasteiger partial charge in [-0.25, -0.2) is 4.39 Å². The van der Waals surface area contributed by atoms with Gasteiger partial charge in [0.15, 0.2) is 5.78 Å². The number of ketones is 1. The molecule has 2 aromatic carbocycles. The van der Waals surface area contributed by atoms with Crippen LogP contribution in [0.15, 0.2) is 78.9 Å².